The second-order valence-corrected chi connectivity index (χ2v) is 8.22. The van der Waals surface area contributed by atoms with Gasteiger partial charge in [-0.1, -0.05) is 27.7 Å². The van der Waals surface area contributed by atoms with Crippen LogP contribution in [0.25, 0.3) is 0 Å². The average Bonchev–Trinajstić information content (AvgIpc) is 2.39. The average molecular weight is 307 g/mol. The summed E-state index contributed by atoms with van der Waals surface area (Å²) in [6.45, 7) is 11.3. The van der Waals surface area contributed by atoms with Gasteiger partial charge in [-0.2, -0.15) is 11.8 Å². The maximum atomic E-state index is 12.8. The fraction of sp³-hybridized carbons (Fsp3) is 0.625. The summed E-state index contributed by atoms with van der Waals surface area (Å²) >= 11 is 1.92. The van der Waals surface area contributed by atoms with Crippen molar-refractivity contribution in [3.63, 3.8) is 0 Å². The molecule has 4 nitrogen and oxygen atoms in total. The number of nitrogens with two attached hydrogens (primary N) is 1. The second-order valence-electron chi connectivity index (χ2n) is 6.73. The summed E-state index contributed by atoms with van der Waals surface area (Å²) in [5.74, 6) is 1.47. The summed E-state index contributed by atoms with van der Waals surface area (Å²) in [6, 6.07) is 3.82. The number of pyridine rings is 1. The third-order valence-electron chi connectivity index (χ3n) is 4.01. The monoisotopic (exact) mass is 307 g/mol. The molecule has 0 bridgehead atoms. The van der Waals surface area contributed by atoms with Crippen LogP contribution in [-0.4, -0.2) is 39.4 Å². The van der Waals surface area contributed by atoms with Crippen molar-refractivity contribution >= 4 is 23.5 Å². The van der Waals surface area contributed by atoms with Crippen LogP contribution in [0.2, 0.25) is 0 Å². The van der Waals surface area contributed by atoms with Gasteiger partial charge in [0.2, 0.25) is 0 Å². The van der Waals surface area contributed by atoms with Crippen molar-refractivity contribution in [2.24, 2.45) is 0 Å². The van der Waals surface area contributed by atoms with Crippen LogP contribution in [0.1, 0.15) is 50.7 Å². The van der Waals surface area contributed by atoms with Crippen molar-refractivity contribution in [3.8, 4) is 0 Å². The number of nitrogen functional groups attached to an aromatic ring is 1. The van der Waals surface area contributed by atoms with Gasteiger partial charge < -0.3 is 10.6 Å². The maximum Gasteiger partial charge on any atom is 0.254 e. The molecular formula is C16H25N3OS. The lowest BCUT2D eigenvalue weighted by atomic mass is 9.90. The highest BCUT2D eigenvalue weighted by Gasteiger charge is 2.30. The molecule has 5 heteroatoms. The van der Waals surface area contributed by atoms with Crippen molar-refractivity contribution in [2.75, 3.05) is 18.0 Å². The molecule has 2 atom stereocenters. The largest absolute Gasteiger partial charge is 0.384 e. The molecule has 0 spiro atoms. The zero-order valence-corrected chi connectivity index (χ0v) is 14.3. The summed E-state index contributed by atoms with van der Waals surface area (Å²) < 4.78 is 0. The van der Waals surface area contributed by atoms with Gasteiger partial charge in [-0.05, 0) is 19.1 Å². The molecule has 0 saturated carbocycles. The summed E-state index contributed by atoms with van der Waals surface area (Å²) in [5, 5.41) is 0.462. The molecular weight excluding hydrogens is 282 g/mol. The van der Waals surface area contributed by atoms with Crippen LogP contribution >= 0.6 is 11.8 Å². The predicted molar refractivity (Wildman–Crippen MR) is 89.8 cm³/mol. The van der Waals surface area contributed by atoms with E-state index < -0.39 is 0 Å². The molecule has 2 rings (SSSR count). The number of aromatic nitrogens is 1. The van der Waals surface area contributed by atoms with Crippen LogP contribution in [0, 0.1) is 0 Å². The number of anilines is 1. The Hall–Kier alpha value is -1.23. The Morgan fingerprint density at radius 3 is 2.67 bits per heavy atom. The van der Waals surface area contributed by atoms with Gasteiger partial charge in [0, 0.05) is 40.3 Å². The van der Waals surface area contributed by atoms with Gasteiger partial charge in [0.1, 0.15) is 5.82 Å². The van der Waals surface area contributed by atoms with Gasteiger partial charge in [-0.3, -0.25) is 4.79 Å². The van der Waals surface area contributed by atoms with E-state index in [2.05, 4.69) is 39.6 Å². The highest BCUT2D eigenvalue weighted by Crippen LogP contribution is 2.27. The molecule has 21 heavy (non-hydrogen) atoms. The fourth-order valence-electron chi connectivity index (χ4n) is 2.45. The van der Waals surface area contributed by atoms with Gasteiger partial charge in [0.25, 0.3) is 5.91 Å². The lowest BCUT2D eigenvalue weighted by Crippen LogP contribution is -2.48. The lowest BCUT2D eigenvalue weighted by Gasteiger charge is -2.37. The van der Waals surface area contributed by atoms with Crippen LogP contribution < -0.4 is 5.73 Å². The Labute approximate surface area is 131 Å². The highest BCUT2D eigenvalue weighted by molar-refractivity contribution is 8.00. The predicted octanol–water partition coefficient (Wildman–Crippen LogP) is 2.93. The highest BCUT2D eigenvalue weighted by atomic mass is 32.2. The minimum atomic E-state index is -0.124. The van der Waals surface area contributed by atoms with E-state index in [0.29, 0.717) is 16.6 Å². The Kier molecular flexibility index (Phi) is 4.51. The van der Waals surface area contributed by atoms with E-state index in [0.717, 1.165) is 18.0 Å². The zero-order chi connectivity index (χ0) is 15.8. The minimum Gasteiger partial charge on any atom is -0.384 e. The van der Waals surface area contributed by atoms with E-state index in [1.807, 2.05) is 22.7 Å². The molecule has 1 saturated heterocycles. The normalized spacial score (nSPS) is 23.2. The third-order valence-corrected chi connectivity index (χ3v) is 5.34. The molecule has 116 valence electrons. The Morgan fingerprint density at radius 1 is 1.38 bits per heavy atom. The van der Waals surface area contributed by atoms with E-state index >= 15 is 0 Å². The minimum absolute atomic E-state index is 0.0641. The van der Waals surface area contributed by atoms with Crippen LogP contribution in [0.15, 0.2) is 12.1 Å². The molecule has 2 N–H and O–H groups in total. The Balaban J connectivity index is 2.33. The molecule has 0 radical (unpaired) electrons. The number of carbonyl (C=O) groups is 1. The van der Waals surface area contributed by atoms with Crippen molar-refractivity contribution in [2.45, 2.75) is 51.3 Å². The molecule has 1 fully saturated rings. The summed E-state index contributed by atoms with van der Waals surface area (Å²) in [6.07, 6.45) is 0. The topological polar surface area (TPSA) is 59.2 Å². The van der Waals surface area contributed by atoms with Crippen molar-refractivity contribution in [1.82, 2.24) is 9.88 Å². The number of rotatable bonds is 1. The standard InChI is InChI=1S/C16H25N3OS/c1-10-11(2)21-7-6-19(10)15(20)12-8-13(16(3,4)5)18-14(17)9-12/h8-11H,6-7H2,1-5H3,(H2,17,18). The first-order valence-electron chi connectivity index (χ1n) is 7.41. The number of nitrogens with zero attached hydrogens (tertiary/aromatic N) is 2. The molecule has 1 amide bonds. The van der Waals surface area contributed by atoms with Crippen molar-refractivity contribution < 1.29 is 4.79 Å². The first-order valence-corrected chi connectivity index (χ1v) is 8.45. The maximum absolute atomic E-state index is 12.8. The number of hydrogen-bond donors (Lipinski definition) is 1. The van der Waals surface area contributed by atoms with E-state index in [1.165, 1.54) is 0 Å². The third kappa shape index (κ3) is 3.51. The fourth-order valence-corrected chi connectivity index (χ4v) is 3.54. The summed E-state index contributed by atoms with van der Waals surface area (Å²) in [7, 11) is 0. The van der Waals surface area contributed by atoms with E-state index in [-0.39, 0.29) is 17.4 Å². The molecule has 1 aliphatic heterocycles. The number of carbonyl (C=O) groups excluding carboxylic acids is 1. The van der Waals surface area contributed by atoms with Gasteiger partial charge in [0.05, 0.1) is 0 Å². The van der Waals surface area contributed by atoms with Crippen molar-refractivity contribution in [1.29, 1.82) is 0 Å². The summed E-state index contributed by atoms with van der Waals surface area (Å²) in [5.41, 5.74) is 7.29. The molecule has 2 heterocycles. The number of thioether (sulfide) groups is 1. The van der Waals surface area contributed by atoms with E-state index in [1.54, 1.807) is 6.07 Å². The van der Waals surface area contributed by atoms with Crippen LogP contribution in [-0.2, 0) is 5.41 Å². The SMILES string of the molecule is CC1SCCN(C(=O)c2cc(N)nc(C(C)(C)C)c2)C1C. The van der Waals surface area contributed by atoms with Crippen LogP contribution in [0.4, 0.5) is 5.82 Å². The quantitative estimate of drug-likeness (QED) is 0.866. The molecule has 1 aromatic heterocycles. The van der Waals surface area contributed by atoms with Gasteiger partial charge in [-0.25, -0.2) is 4.98 Å². The number of amides is 1. The van der Waals surface area contributed by atoms with Gasteiger partial charge >= 0.3 is 0 Å². The first kappa shape index (κ1) is 16.1. The van der Waals surface area contributed by atoms with Gasteiger partial charge in [-0.15, -0.1) is 0 Å². The molecule has 1 aliphatic rings. The van der Waals surface area contributed by atoms with Crippen molar-refractivity contribution in [3.05, 3.63) is 23.4 Å². The van der Waals surface area contributed by atoms with Crippen LogP contribution in [0.5, 0.6) is 0 Å². The second kappa shape index (κ2) is 5.87. The first-order chi connectivity index (χ1) is 9.70. The number of hydrogen-bond acceptors (Lipinski definition) is 4. The van der Waals surface area contributed by atoms with E-state index in [9.17, 15) is 4.79 Å². The molecule has 1 aromatic rings. The van der Waals surface area contributed by atoms with Crippen LogP contribution in [0.3, 0.4) is 0 Å². The molecule has 2 unspecified atom stereocenters. The Morgan fingerprint density at radius 2 is 2.05 bits per heavy atom. The smallest absolute Gasteiger partial charge is 0.254 e. The Bertz CT molecular complexity index is 539. The summed E-state index contributed by atoms with van der Waals surface area (Å²) in [4.78, 5) is 19.2. The van der Waals surface area contributed by atoms with Gasteiger partial charge in [0.15, 0.2) is 0 Å². The van der Waals surface area contributed by atoms with E-state index in [4.69, 9.17) is 5.73 Å². The molecule has 0 aromatic carbocycles. The zero-order valence-electron chi connectivity index (χ0n) is 13.5. The molecule has 0 aliphatic carbocycles. The lowest BCUT2D eigenvalue weighted by molar-refractivity contribution is 0.0698.